The second kappa shape index (κ2) is 4.11. The molecule has 5 heteroatoms. The molecule has 5 nitrogen and oxygen atoms in total. The van der Waals surface area contributed by atoms with Gasteiger partial charge < -0.3 is 15.9 Å². The van der Waals surface area contributed by atoms with Crippen LogP contribution in [0.1, 0.15) is 5.56 Å². The van der Waals surface area contributed by atoms with Crippen LogP contribution in [0.5, 0.6) is 0 Å². The highest BCUT2D eigenvalue weighted by molar-refractivity contribution is 5.90. The molecular formula is C11H14N2O3. The van der Waals surface area contributed by atoms with Gasteiger partial charge in [-0.05, 0) is 18.1 Å². The highest BCUT2D eigenvalue weighted by Gasteiger charge is 2.37. The summed E-state index contributed by atoms with van der Waals surface area (Å²) in [4.78, 5) is 12.4. The van der Waals surface area contributed by atoms with Gasteiger partial charge in [0.2, 0.25) is 0 Å². The molecule has 1 aromatic carbocycles. The molecule has 1 aliphatic rings. The van der Waals surface area contributed by atoms with Gasteiger partial charge >= 0.3 is 6.09 Å². The van der Waals surface area contributed by atoms with Crippen LogP contribution in [0, 0.1) is 0 Å². The van der Waals surface area contributed by atoms with E-state index in [1.165, 1.54) is 4.90 Å². The summed E-state index contributed by atoms with van der Waals surface area (Å²) >= 11 is 0. The van der Waals surface area contributed by atoms with Crippen molar-refractivity contribution >= 4 is 11.8 Å². The summed E-state index contributed by atoms with van der Waals surface area (Å²) in [7, 11) is 0. The Morgan fingerprint density at radius 3 is 2.88 bits per heavy atom. The second-order valence-corrected chi connectivity index (χ2v) is 3.86. The lowest BCUT2D eigenvalue weighted by molar-refractivity contribution is 0.143. The number of carboxylic acid groups (broad SMARTS) is 1. The Morgan fingerprint density at radius 1 is 1.56 bits per heavy atom. The molecule has 1 aliphatic heterocycles. The number of aliphatic hydroxyl groups excluding tert-OH is 1. The molecule has 2 atom stereocenters. The fraction of sp³-hybridized carbons (Fsp3) is 0.364. The first-order chi connectivity index (χ1) is 7.65. The average molecular weight is 222 g/mol. The summed E-state index contributed by atoms with van der Waals surface area (Å²) in [6.45, 7) is 0.0580. The van der Waals surface area contributed by atoms with E-state index < -0.39 is 18.2 Å². The Bertz CT molecular complexity index is 408. The second-order valence-electron chi connectivity index (χ2n) is 3.86. The zero-order valence-electron chi connectivity index (χ0n) is 8.71. The molecule has 0 fully saturated rings. The van der Waals surface area contributed by atoms with E-state index in [1.807, 2.05) is 12.1 Å². The number of aliphatic hydroxyl groups is 1. The number of nitrogens with two attached hydrogens (primary N) is 1. The number of anilines is 1. The van der Waals surface area contributed by atoms with Crippen molar-refractivity contribution in [1.29, 1.82) is 0 Å². The first kappa shape index (κ1) is 10.9. The van der Waals surface area contributed by atoms with Crippen LogP contribution >= 0.6 is 0 Å². The van der Waals surface area contributed by atoms with Gasteiger partial charge in [-0.25, -0.2) is 4.79 Å². The van der Waals surface area contributed by atoms with Crippen molar-refractivity contribution in [2.45, 2.75) is 18.6 Å². The fourth-order valence-corrected chi connectivity index (χ4v) is 2.12. The number of nitrogens with zero attached hydrogens (tertiary/aromatic N) is 1. The van der Waals surface area contributed by atoms with E-state index in [0.29, 0.717) is 12.1 Å². The number of hydrogen-bond donors (Lipinski definition) is 3. The molecule has 0 saturated heterocycles. The maximum absolute atomic E-state index is 11.2. The lowest BCUT2D eigenvalue weighted by Gasteiger charge is -2.25. The van der Waals surface area contributed by atoms with Gasteiger partial charge in [0.1, 0.15) is 0 Å². The van der Waals surface area contributed by atoms with E-state index >= 15 is 0 Å². The molecule has 4 N–H and O–H groups in total. The van der Waals surface area contributed by atoms with Crippen LogP contribution in [-0.2, 0) is 6.42 Å². The van der Waals surface area contributed by atoms with Gasteiger partial charge in [-0.3, -0.25) is 4.90 Å². The SMILES string of the molecule is NC[C@H](O)C1Cc2ccccc2N1C(=O)O. The largest absolute Gasteiger partial charge is 0.465 e. The Balaban J connectivity index is 2.37. The summed E-state index contributed by atoms with van der Waals surface area (Å²) in [6, 6.07) is 6.78. The van der Waals surface area contributed by atoms with Crippen molar-refractivity contribution in [3.05, 3.63) is 29.8 Å². The minimum Gasteiger partial charge on any atom is -0.465 e. The molecule has 0 spiro atoms. The Morgan fingerprint density at radius 2 is 2.25 bits per heavy atom. The number of carbonyl (C=O) groups is 1. The van der Waals surface area contributed by atoms with Crippen molar-refractivity contribution in [1.82, 2.24) is 0 Å². The van der Waals surface area contributed by atoms with E-state index in [0.717, 1.165) is 5.56 Å². The predicted molar refractivity (Wildman–Crippen MR) is 59.5 cm³/mol. The van der Waals surface area contributed by atoms with Crippen LogP contribution in [0.3, 0.4) is 0 Å². The van der Waals surface area contributed by atoms with Gasteiger partial charge in [0.25, 0.3) is 0 Å². The zero-order chi connectivity index (χ0) is 11.7. The number of benzene rings is 1. The summed E-state index contributed by atoms with van der Waals surface area (Å²) in [5.74, 6) is 0. The van der Waals surface area contributed by atoms with E-state index in [1.54, 1.807) is 12.1 Å². The van der Waals surface area contributed by atoms with Gasteiger partial charge in [-0.15, -0.1) is 0 Å². The number of amides is 1. The molecule has 1 aromatic rings. The number of fused-ring (bicyclic) bond motifs is 1. The first-order valence-corrected chi connectivity index (χ1v) is 5.13. The first-order valence-electron chi connectivity index (χ1n) is 5.13. The van der Waals surface area contributed by atoms with Gasteiger partial charge in [-0.1, -0.05) is 18.2 Å². The lowest BCUT2D eigenvalue weighted by atomic mass is 10.1. The summed E-state index contributed by atoms with van der Waals surface area (Å²) in [5.41, 5.74) is 6.96. The third kappa shape index (κ3) is 1.64. The van der Waals surface area contributed by atoms with Crippen molar-refractivity contribution < 1.29 is 15.0 Å². The predicted octanol–water partition coefficient (Wildman–Crippen LogP) is 0.415. The third-order valence-corrected chi connectivity index (χ3v) is 2.90. The smallest absolute Gasteiger partial charge is 0.412 e. The van der Waals surface area contributed by atoms with Crippen LogP contribution in [-0.4, -0.2) is 35.0 Å². The van der Waals surface area contributed by atoms with Crippen molar-refractivity contribution in [3.8, 4) is 0 Å². The van der Waals surface area contributed by atoms with Crippen molar-refractivity contribution in [3.63, 3.8) is 0 Å². The molecule has 16 heavy (non-hydrogen) atoms. The molecule has 2 rings (SSSR count). The van der Waals surface area contributed by atoms with Crippen LogP contribution in [0.4, 0.5) is 10.5 Å². The number of para-hydroxylation sites is 1. The van der Waals surface area contributed by atoms with Crippen LogP contribution in [0.15, 0.2) is 24.3 Å². The molecule has 1 amide bonds. The van der Waals surface area contributed by atoms with Crippen LogP contribution in [0.2, 0.25) is 0 Å². The molecule has 0 radical (unpaired) electrons. The quantitative estimate of drug-likeness (QED) is 0.676. The normalized spacial score (nSPS) is 20.6. The summed E-state index contributed by atoms with van der Waals surface area (Å²) in [5, 5.41) is 18.9. The molecular weight excluding hydrogens is 208 g/mol. The molecule has 0 aliphatic carbocycles. The van der Waals surface area contributed by atoms with Gasteiger partial charge in [0.05, 0.1) is 17.8 Å². The molecule has 0 aromatic heterocycles. The van der Waals surface area contributed by atoms with E-state index in [-0.39, 0.29) is 6.54 Å². The number of hydrogen-bond acceptors (Lipinski definition) is 3. The fourth-order valence-electron chi connectivity index (χ4n) is 2.12. The molecule has 0 bridgehead atoms. The van der Waals surface area contributed by atoms with Crippen LogP contribution in [0.25, 0.3) is 0 Å². The summed E-state index contributed by atoms with van der Waals surface area (Å²) in [6.07, 6.45) is -1.37. The Labute approximate surface area is 93.1 Å². The minimum atomic E-state index is -1.05. The maximum atomic E-state index is 11.2. The van der Waals surface area contributed by atoms with E-state index in [9.17, 15) is 9.90 Å². The zero-order valence-corrected chi connectivity index (χ0v) is 8.71. The van der Waals surface area contributed by atoms with E-state index in [4.69, 9.17) is 10.8 Å². The van der Waals surface area contributed by atoms with Crippen molar-refractivity contribution in [2.75, 3.05) is 11.4 Å². The Hall–Kier alpha value is -1.59. The third-order valence-electron chi connectivity index (χ3n) is 2.90. The molecule has 1 unspecified atom stereocenters. The number of rotatable bonds is 2. The highest BCUT2D eigenvalue weighted by atomic mass is 16.4. The lowest BCUT2D eigenvalue weighted by Crippen LogP contribution is -2.47. The van der Waals surface area contributed by atoms with Gasteiger partial charge in [0.15, 0.2) is 0 Å². The van der Waals surface area contributed by atoms with Crippen molar-refractivity contribution in [2.24, 2.45) is 5.73 Å². The van der Waals surface area contributed by atoms with Crippen LogP contribution < -0.4 is 10.6 Å². The van der Waals surface area contributed by atoms with Gasteiger partial charge in [-0.2, -0.15) is 0 Å². The highest BCUT2D eigenvalue weighted by Crippen LogP contribution is 2.33. The topological polar surface area (TPSA) is 86.8 Å². The minimum absolute atomic E-state index is 0.0580. The molecule has 1 heterocycles. The standard InChI is InChI=1S/C11H14N2O3/c12-6-10(14)9-5-7-3-1-2-4-8(7)13(9)11(15)16/h1-4,9-10,14H,5-6,12H2,(H,15,16)/t9?,10-/m0/s1. The van der Waals surface area contributed by atoms with E-state index in [2.05, 4.69) is 0 Å². The summed E-state index contributed by atoms with van der Waals surface area (Å²) < 4.78 is 0. The average Bonchev–Trinajstić information content (AvgIpc) is 2.67. The molecule has 86 valence electrons. The Kier molecular flexibility index (Phi) is 2.80. The maximum Gasteiger partial charge on any atom is 0.412 e. The van der Waals surface area contributed by atoms with Gasteiger partial charge in [0, 0.05) is 6.54 Å². The molecule has 0 saturated carbocycles. The monoisotopic (exact) mass is 222 g/mol.